The molecule has 7 nitrogen and oxygen atoms in total. The first-order valence-electron chi connectivity index (χ1n) is 12.3. The standard InChI is InChI=1S/C27H25F3N4O3/c1-14-9-16-6-7-21(26-18(28)3-2-8-31-26)37-22(16)11-20(14)34-12-17-19(32-27(34)35)10-24(36-13-23(29)30)33-25(17)15-4-5-15/h2-3,8-11,15,21,23H,4-7,12-13H2,1H3,(H,32,35). The Hall–Kier alpha value is -3.82. The van der Waals surface area contributed by atoms with Crippen molar-refractivity contribution in [3.63, 3.8) is 0 Å². The molecule has 4 heterocycles. The number of rotatable bonds is 6. The number of fused-ring (bicyclic) bond motifs is 2. The maximum atomic E-state index is 14.3. The van der Waals surface area contributed by atoms with E-state index in [1.165, 1.54) is 12.1 Å². The van der Waals surface area contributed by atoms with Gasteiger partial charge in [-0.25, -0.2) is 22.9 Å². The van der Waals surface area contributed by atoms with Crippen molar-refractivity contribution in [1.82, 2.24) is 9.97 Å². The monoisotopic (exact) mass is 510 g/mol. The van der Waals surface area contributed by atoms with Crippen molar-refractivity contribution in [3.05, 3.63) is 70.4 Å². The second kappa shape index (κ2) is 9.24. The van der Waals surface area contributed by atoms with Gasteiger partial charge in [0.15, 0.2) is 6.61 Å². The summed E-state index contributed by atoms with van der Waals surface area (Å²) in [5, 5.41) is 2.89. The van der Waals surface area contributed by atoms with Crippen molar-refractivity contribution in [2.45, 2.75) is 57.6 Å². The summed E-state index contributed by atoms with van der Waals surface area (Å²) in [6.07, 6.45) is 1.61. The van der Waals surface area contributed by atoms with Crippen molar-refractivity contribution in [2.75, 3.05) is 16.8 Å². The van der Waals surface area contributed by atoms with E-state index >= 15 is 0 Å². The van der Waals surface area contributed by atoms with Crippen LogP contribution < -0.4 is 19.7 Å². The molecule has 10 heteroatoms. The van der Waals surface area contributed by atoms with Crippen molar-refractivity contribution >= 4 is 17.4 Å². The number of anilines is 2. The van der Waals surface area contributed by atoms with E-state index in [-0.39, 0.29) is 30.1 Å². The van der Waals surface area contributed by atoms with Gasteiger partial charge in [-0.1, -0.05) is 6.07 Å². The predicted octanol–water partition coefficient (Wildman–Crippen LogP) is 6.06. The smallest absolute Gasteiger partial charge is 0.326 e. The number of nitrogens with one attached hydrogen (secondary N) is 1. The molecule has 0 spiro atoms. The van der Waals surface area contributed by atoms with Crippen LogP contribution in [0.15, 0.2) is 36.5 Å². The topological polar surface area (TPSA) is 76.6 Å². The third-order valence-corrected chi connectivity index (χ3v) is 6.96. The molecule has 37 heavy (non-hydrogen) atoms. The number of hydrogen-bond acceptors (Lipinski definition) is 5. The molecule has 1 saturated carbocycles. The number of aryl methyl sites for hydroxylation is 2. The predicted molar refractivity (Wildman–Crippen MR) is 130 cm³/mol. The van der Waals surface area contributed by atoms with Gasteiger partial charge in [-0.15, -0.1) is 0 Å². The largest absolute Gasteiger partial charge is 0.484 e. The van der Waals surface area contributed by atoms with Gasteiger partial charge in [-0.05, 0) is 55.9 Å². The number of benzene rings is 1. The van der Waals surface area contributed by atoms with Gasteiger partial charge in [0, 0.05) is 29.8 Å². The number of alkyl halides is 2. The van der Waals surface area contributed by atoms with Gasteiger partial charge in [0.25, 0.3) is 6.43 Å². The van der Waals surface area contributed by atoms with E-state index < -0.39 is 25.0 Å². The highest BCUT2D eigenvalue weighted by molar-refractivity contribution is 6.05. The third-order valence-electron chi connectivity index (χ3n) is 6.96. The summed E-state index contributed by atoms with van der Waals surface area (Å²) in [4.78, 5) is 23.5. The van der Waals surface area contributed by atoms with Crippen LogP contribution in [0.4, 0.5) is 29.3 Å². The van der Waals surface area contributed by atoms with E-state index in [0.717, 1.165) is 35.2 Å². The summed E-state index contributed by atoms with van der Waals surface area (Å²) in [7, 11) is 0. The maximum absolute atomic E-state index is 14.3. The van der Waals surface area contributed by atoms with Crippen LogP contribution in [0.3, 0.4) is 0 Å². The Bertz CT molecular complexity index is 1380. The van der Waals surface area contributed by atoms with Crippen molar-refractivity contribution in [3.8, 4) is 11.6 Å². The highest BCUT2D eigenvalue weighted by Gasteiger charge is 2.35. The van der Waals surface area contributed by atoms with E-state index in [1.807, 2.05) is 19.1 Å². The zero-order valence-corrected chi connectivity index (χ0v) is 20.1. The molecule has 3 aromatic rings. The lowest BCUT2D eigenvalue weighted by molar-refractivity contribution is 0.0795. The second-order valence-corrected chi connectivity index (χ2v) is 9.63. The van der Waals surface area contributed by atoms with Gasteiger partial charge in [0.05, 0.1) is 23.6 Å². The minimum Gasteiger partial charge on any atom is -0.484 e. The number of hydrogen-bond donors (Lipinski definition) is 1. The van der Waals surface area contributed by atoms with E-state index in [2.05, 4.69) is 15.3 Å². The quantitative estimate of drug-likeness (QED) is 0.436. The summed E-state index contributed by atoms with van der Waals surface area (Å²) >= 11 is 0. The lowest BCUT2D eigenvalue weighted by atomic mass is 9.96. The minimum atomic E-state index is -2.62. The number of urea groups is 1. The van der Waals surface area contributed by atoms with Crippen LogP contribution in [-0.4, -0.2) is 29.0 Å². The summed E-state index contributed by atoms with van der Waals surface area (Å²) in [5.74, 6) is 0.479. The van der Waals surface area contributed by atoms with Gasteiger partial charge in [-0.2, -0.15) is 0 Å². The molecule has 2 aliphatic heterocycles. The molecule has 1 aliphatic carbocycles. The number of carbonyl (C=O) groups excluding carboxylic acids is 1. The highest BCUT2D eigenvalue weighted by Crippen LogP contribution is 2.46. The summed E-state index contributed by atoms with van der Waals surface area (Å²) in [6, 6.07) is 7.89. The highest BCUT2D eigenvalue weighted by atomic mass is 19.3. The van der Waals surface area contributed by atoms with Crippen LogP contribution >= 0.6 is 0 Å². The third kappa shape index (κ3) is 4.56. The van der Waals surface area contributed by atoms with Gasteiger partial charge in [0.1, 0.15) is 23.4 Å². The summed E-state index contributed by atoms with van der Waals surface area (Å²) < 4.78 is 51.0. The van der Waals surface area contributed by atoms with Crippen molar-refractivity contribution in [1.29, 1.82) is 0 Å². The van der Waals surface area contributed by atoms with E-state index in [0.29, 0.717) is 30.0 Å². The molecule has 0 radical (unpaired) electrons. The Balaban J connectivity index is 1.31. The van der Waals surface area contributed by atoms with Gasteiger partial charge in [-0.3, -0.25) is 9.88 Å². The van der Waals surface area contributed by atoms with Gasteiger partial charge in [0.2, 0.25) is 5.88 Å². The maximum Gasteiger partial charge on any atom is 0.326 e. The fourth-order valence-corrected chi connectivity index (χ4v) is 5.03. The van der Waals surface area contributed by atoms with Crippen LogP contribution in [0, 0.1) is 12.7 Å². The molecule has 6 rings (SSSR count). The first kappa shape index (κ1) is 23.6. The average molecular weight is 511 g/mol. The molecule has 1 aromatic carbocycles. The minimum absolute atomic E-state index is 0.0841. The van der Waals surface area contributed by atoms with E-state index in [1.54, 1.807) is 17.2 Å². The second-order valence-electron chi connectivity index (χ2n) is 9.63. The Labute approximate surface area is 211 Å². The fraction of sp³-hybridized carbons (Fsp3) is 0.370. The average Bonchev–Trinajstić information content (AvgIpc) is 3.72. The van der Waals surface area contributed by atoms with E-state index in [9.17, 15) is 18.0 Å². The van der Waals surface area contributed by atoms with Crippen LogP contribution in [-0.2, 0) is 13.0 Å². The molecule has 1 fully saturated rings. The molecule has 0 bridgehead atoms. The summed E-state index contributed by atoms with van der Waals surface area (Å²) in [6.45, 7) is 1.45. The number of pyridine rings is 2. The lowest BCUT2D eigenvalue weighted by Gasteiger charge is -2.33. The molecule has 2 aromatic heterocycles. The van der Waals surface area contributed by atoms with Crippen molar-refractivity contribution in [2.24, 2.45) is 0 Å². The van der Waals surface area contributed by atoms with Crippen LogP contribution in [0.5, 0.6) is 11.6 Å². The number of amides is 2. The molecule has 3 aliphatic rings. The Morgan fingerprint density at radius 3 is 2.81 bits per heavy atom. The Morgan fingerprint density at radius 1 is 1.22 bits per heavy atom. The molecular formula is C27H25F3N4O3. The number of nitrogens with zero attached hydrogens (tertiary/aromatic N) is 3. The summed E-state index contributed by atoms with van der Waals surface area (Å²) in [5.41, 5.74) is 4.98. The molecule has 1 atom stereocenters. The first-order chi connectivity index (χ1) is 17.9. The number of aromatic nitrogens is 2. The SMILES string of the molecule is Cc1cc2c(cc1N1Cc3c(cc(OCC(F)F)nc3C3CC3)NC1=O)OC(c1ncccc1F)CC2. The van der Waals surface area contributed by atoms with Crippen LogP contribution in [0.1, 0.15) is 59.4 Å². The molecule has 192 valence electrons. The Kier molecular flexibility index (Phi) is 5.89. The zero-order chi connectivity index (χ0) is 25.7. The van der Waals surface area contributed by atoms with Gasteiger partial charge >= 0.3 is 6.03 Å². The fourth-order valence-electron chi connectivity index (χ4n) is 5.03. The number of carbonyl (C=O) groups is 1. The van der Waals surface area contributed by atoms with Gasteiger partial charge < -0.3 is 14.8 Å². The van der Waals surface area contributed by atoms with Crippen molar-refractivity contribution < 1.29 is 27.4 Å². The Morgan fingerprint density at radius 2 is 2.05 bits per heavy atom. The lowest BCUT2D eigenvalue weighted by Crippen LogP contribution is -2.40. The zero-order valence-electron chi connectivity index (χ0n) is 20.1. The first-order valence-corrected chi connectivity index (χ1v) is 12.3. The normalized spacial score (nSPS) is 18.7. The number of ether oxygens (including phenoxy) is 2. The van der Waals surface area contributed by atoms with Crippen LogP contribution in [0.2, 0.25) is 0 Å². The molecule has 1 N–H and O–H groups in total. The molecular weight excluding hydrogens is 485 g/mol. The molecule has 0 saturated heterocycles. The molecule has 1 unspecified atom stereocenters. The van der Waals surface area contributed by atoms with Crippen LogP contribution in [0.25, 0.3) is 0 Å². The van der Waals surface area contributed by atoms with E-state index in [4.69, 9.17) is 9.47 Å². The number of halogens is 3. The molecule has 2 amide bonds.